The van der Waals surface area contributed by atoms with E-state index in [1.54, 1.807) is 30.3 Å². The third-order valence-electron chi connectivity index (χ3n) is 9.55. The van der Waals surface area contributed by atoms with E-state index in [-0.39, 0.29) is 47.0 Å². The van der Waals surface area contributed by atoms with Crippen molar-refractivity contribution in [1.29, 1.82) is 0 Å². The molecule has 1 aliphatic heterocycles. The zero-order chi connectivity index (χ0) is 33.8. The summed E-state index contributed by atoms with van der Waals surface area (Å²) in [6.45, 7) is 3.93. The van der Waals surface area contributed by atoms with E-state index in [0.717, 1.165) is 47.9 Å². The molecule has 2 amide bonds. The fourth-order valence-corrected chi connectivity index (χ4v) is 8.00. The number of aromatic nitrogens is 2. The fraction of sp³-hybridized carbons (Fsp3) is 0.400. The monoisotopic (exact) mass is 710 g/mol. The second-order valence-corrected chi connectivity index (χ2v) is 14.7. The normalized spacial score (nSPS) is 19.1. The molecule has 2 fully saturated rings. The first-order chi connectivity index (χ1) is 23.1. The van der Waals surface area contributed by atoms with Crippen LogP contribution in [-0.2, 0) is 30.8 Å². The summed E-state index contributed by atoms with van der Waals surface area (Å²) in [5, 5.41) is 11.7. The van der Waals surface area contributed by atoms with Crippen LogP contribution in [0, 0.1) is 18.8 Å². The average Bonchev–Trinajstić information content (AvgIpc) is 3.48. The van der Waals surface area contributed by atoms with Gasteiger partial charge in [0.1, 0.15) is 6.04 Å². The fourth-order valence-electron chi connectivity index (χ4n) is 6.57. The molecule has 0 unspecified atom stereocenters. The van der Waals surface area contributed by atoms with E-state index in [4.69, 9.17) is 10.5 Å². The maximum absolute atomic E-state index is 13.7. The number of H-pyrrole nitrogens is 2. The van der Waals surface area contributed by atoms with Gasteiger partial charge in [-0.1, -0.05) is 30.3 Å². The second kappa shape index (κ2) is 15.7. The van der Waals surface area contributed by atoms with Crippen LogP contribution < -0.4 is 21.9 Å². The molecule has 49 heavy (non-hydrogen) atoms. The smallest absolute Gasteiger partial charge is 0.271 e. The minimum Gasteiger partial charge on any atom is -0.379 e. The summed E-state index contributed by atoms with van der Waals surface area (Å²) >= 11 is 0. The van der Waals surface area contributed by atoms with E-state index in [2.05, 4.69) is 20.8 Å². The SMILES string of the molecule is Cc1ccc(S(=O)(=O)N2CCOCC2)cc1-c1ccc(C[C@H](NC(=O)[C@H]2CC[C@H](CN)CC2)C(=O)Nc2ccc3c(=O)[nH][nH]c3c2)cc1.Cl. The summed E-state index contributed by atoms with van der Waals surface area (Å²) < 4.78 is 33.4. The lowest BCUT2D eigenvalue weighted by atomic mass is 9.81. The molecule has 14 heteroatoms. The highest BCUT2D eigenvalue weighted by atomic mass is 35.5. The van der Waals surface area contributed by atoms with Crippen LogP contribution in [0.1, 0.15) is 36.8 Å². The van der Waals surface area contributed by atoms with Gasteiger partial charge in [0.2, 0.25) is 21.8 Å². The number of aromatic amines is 2. The Kier molecular flexibility index (Phi) is 11.6. The molecule has 2 heterocycles. The number of morpholine rings is 1. The minimum atomic E-state index is -3.66. The second-order valence-electron chi connectivity index (χ2n) is 12.7. The number of nitrogens with two attached hydrogens (primary N) is 1. The maximum atomic E-state index is 13.7. The number of anilines is 1. The van der Waals surface area contributed by atoms with Gasteiger partial charge in [0.15, 0.2) is 0 Å². The Hall–Kier alpha value is -4.01. The van der Waals surface area contributed by atoms with Gasteiger partial charge >= 0.3 is 0 Å². The van der Waals surface area contributed by atoms with Crippen LogP contribution in [-0.4, -0.2) is 73.6 Å². The third kappa shape index (κ3) is 8.25. The van der Waals surface area contributed by atoms with E-state index < -0.39 is 16.1 Å². The topological polar surface area (TPSA) is 179 Å². The first kappa shape index (κ1) is 36.3. The van der Waals surface area contributed by atoms with Gasteiger partial charge in [-0.2, -0.15) is 4.31 Å². The number of nitrogens with one attached hydrogen (secondary N) is 4. The molecular formula is C35H43ClN6O6S. The highest BCUT2D eigenvalue weighted by Crippen LogP contribution is 2.30. The summed E-state index contributed by atoms with van der Waals surface area (Å²) in [7, 11) is -3.66. The largest absolute Gasteiger partial charge is 0.379 e. The number of benzene rings is 3. The predicted octanol–water partition coefficient (Wildman–Crippen LogP) is 3.71. The molecule has 12 nitrogen and oxygen atoms in total. The number of rotatable bonds is 10. The molecule has 4 aromatic rings. The van der Waals surface area contributed by atoms with E-state index in [9.17, 15) is 22.8 Å². The molecule has 3 aromatic carbocycles. The average molecular weight is 711 g/mol. The number of aryl methyl sites for hydroxylation is 1. The number of nitrogens with zero attached hydrogens (tertiary/aromatic N) is 1. The summed E-state index contributed by atoms with van der Waals surface area (Å²) in [6, 6.07) is 16.9. The molecule has 1 saturated carbocycles. The quantitative estimate of drug-likeness (QED) is 0.166. The Balaban J connectivity index is 0.00000468. The van der Waals surface area contributed by atoms with Gasteiger partial charge in [-0.15, -0.1) is 12.4 Å². The molecule has 1 atom stereocenters. The van der Waals surface area contributed by atoms with E-state index in [1.165, 1.54) is 4.31 Å². The molecule has 0 radical (unpaired) electrons. The van der Waals surface area contributed by atoms with Crippen LogP contribution in [0.4, 0.5) is 5.69 Å². The number of hydrogen-bond donors (Lipinski definition) is 5. The Bertz CT molecular complexity index is 1950. The molecule has 0 spiro atoms. The maximum Gasteiger partial charge on any atom is 0.271 e. The molecule has 1 aromatic heterocycles. The summed E-state index contributed by atoms with van der Waals surface area (Å²) in [4.78, 5) is 39.3. The van der Waals surface area contributed by atoms with E-state index in [0.29, 0.717) is 55.4 Å². The molecule has 1 aliphatic carbocycles. The van der Waals surface area contributed by atoms with Crippen LogP contribution in [0.5, 0.6) is 0 Å². The highest BCUT2D eigenvalue weighted by molar-refractivity contribution is 7.89. The molecule has 262 valence electrons. The summed E-state index contributed by atoms with van der Waals surface area (Å²) in [5.74, 6) is -0.292. The summed E-state index contributed by atoms with van der Waals surface area (Å²) in [6.07, 6.45) is 3.47. The lowest BCUT2D eigenvalue weighted by Crippen LogP contribution is -2.48. The first-order valence-corrected chi connectivity index (χ1v) is 17.9. The minimum absolute atomic E-state index is 0. The van der Waals surface area contributed by atoms with Crippen LogP contribution in [0.25, 0.3) is 22.0 Å². The van der Waals surface area contributed by atoms with Gasteiger partial charge in [0.25, 0.3) is 5.56 Å². The third-order valence-corrected chi connectivity index (χ3v) is 11.4. The molecular weight excluding hydrogens is 668 g/mol. The Labute approximate surface area is 291 Å². The number of carbonyl (C=O) groups is 2. The zero-order valence-corrected chi connectivity index (χ0v) is 29.0. The van der Waals surface area contributed by atoms with Crippen molar-refractivity contribution in [2.24, 2.45) is 17.6 Å². The van der Waals surface area contributed by atoms with Gasteiger partial charge in [-0.3, -0.25) is 24.6 Å². The van der Waals surface area contributed by atoms with Gasteiger partial charge in [-0.25, -0.2) is 8.42 Å². The van der Waals surface area contributed by atoms with Crippen molar-refractivity contribution >= 4 is 50.8 Å². The van der Waals surface area contributed by atoms with Crippen molar-refractivity contribution in [3.63, 3.8) is 0 Å². The zero-order valence-electron chi connectivity index (χ0n) is 27.4. The van der Waals surface area contributed by atoms with Crippen molar-refractivity contribution in [1.82, 2.24) is 19.8 Å². The predicted molar refractivity (Wildman–Crippen MR) is 191 cm³/mol. The molecule has 6 rings (SSSR count). The molecule has 2 aliphatic rings. The Morgan fingerprint density at radius 2 is 1.69 bits per heavy atom. The highest BCUT2D eigenvalue weighted by Gasteiger charge is 2.30. The van der Waals surface area contributed by atoms with Crippen LogP contribution in [0.2, 0.25) is 0 Å². The molecule has 1 saturated heterocycles. The number of sulfonamides is 1. The number of amides is 2. The number of fused-ring (bicyclic) bond motifs is 1. The van der Waals surface area contributed by atoms with Crippen molar-refractivity contribution in [3.05, 3.63) is 82.1 Å². The van der Waals surface area contributed by atoms with Crippen LogP contribution in [0.3, 0.4) is 0 Å². The van der Waals surface area contributed by atoms with Crippen LogP contribution >= 0.6 is 12.4 Å². The Morgan fingerprint density at radius 3 is 2.39 bits per heavy atom. The van der Waals surface area contributed by atoms with E-state index in [1.807, 2.05) is 37.3 Å². The molecule has 0 bridgehead atoms. The van der Waals surface area contributed by atoms with Crippen molar-refractivity contribution in [2.75, 3.05) is 38.2 Å². The van der Waals surface area contributed by atoms with Crippen molar-refractivity contribution in [2.45, 2.75) is 50.0 Å². The van der Waals surface area contributed by atoms with E-state index >= 15 is 0 Å². The summed E-state index contributed by atoms with van der Waals surface area (Å²) in [5.41, 5.74) is 10.0. The number of ether oxygens (including phenoxy) is 1. The van der Waals surface area contributed by atoms with Crippen molar-refractivity contribution < 1.29 is 22.7 Å². The lowest BCUT2D eigenvalue weighted by molar-refractivity contribution is -0.130. The van der Waals surface area contributed by atoms with Gasteiger partial charge in [0.05, 0.1) is 29.0 Å². The Morgan fingerprint density at radius 1 is 0.980 bits per heavy atom. The van der Waals surface area contributed by atoms with Gasteiger partial charge < -0.3 is 21.1 Å². The molecule has 6 N–H and O–H groups in total. The van der Waals surface area contributed by atoms with Gasteiger partial charge in [0, 0.05) is 31.1 Å². The lowest BCUT2D eigenvalue weighted by Gasteiger charge is -2.28. The number of halogens is 1. The first-order valence-electron chi connectivity index (χ1n) is 16.4. The standard InChI is InChI=1S/C35H42N6O6S.ClH/c1-22-2-12-28(48(45,46)41-14-16-47-17-15-41)20-30(22)25-7-3-23(4-8-25)18-32(38-33(42)26-9-5-24(21-36)6-10-26)35(44)37-27-11-13-29-31(19-27)39-40-34(29)43;/h2-4,7-8,11-13,19-20,24,26,32H,5-6,9-10,14-18,21,36H2,1H3,(H,37,44)(H,38,42)(H2,39,40,43);1H/t24-,26-,32-;/m0./s1. The van der Waals surface area contributed by atoms with Crippen LogP contribution in [0.15, 0.2) is 70.4 Å². The van der Waals surface area contributed by atoms with Gasteiger partial charge in [-0.05, 0) is 97.7 Å². The number of hydrogen-bond acceptors (Lipinski definition) is 7. The number of carbonyl (C=O) groups excluding carboxylic acids is 2. The van der Waals surface area contributed by atoms with Crippen molar-refractivity contribution in [3.8, 4) is 11.1 Å².